The van der Waals surface area contributed by atoms with Gasteiger partial charge in [0.2, 0.25) is 5.91 Å². The Morgan fingerprint density at radius 3 is 2.36 bits per heavy atom. The van der Waals surface area contributed by atoms with Gasteiger partial charge in [0.05, 0.1) is 23.5 Å². The van der Waals surface area contributed by atoms with E-state index in [0.29, 0.717) is 38.5 Å². The van der Waals surface area contributed by atoms with E-state index in [1.54, 1.807) is 4.90 Å². The zero-order valence-corrected chi connectivity index (χ0v) is 18.7. The van der Waals surface area contributed by atoms with Gasteiger partial charge in [-0.15, -0.1) is 0 Å². The summed E-state index contributed by atoms with van der Waals surface area (Å²) in [6, 6.07) is 3.56. The van der Waals surface area contributed by atoms with E-state index < -0.39 is 11.7 Å². The third kappa shape index (κ3) is 5.97. The molecule has 3 fully saturated rings. The molecule has 3 aliphatic heterocycles. The largest absolute Gasteiger partial charge is 0.416 e. The van der Waals surface area contributed by atoms with Crippen LogP contribution in [-0.2, 0) is 20.5 Å². The van der Waals surface area contributed by atoms with Gasteiger partial charge in [0.25, 0.3) is 5.91 Å². The summed E-state index contributed by atoms with van der Waals surface area (Å²) in [6.07, 6.45) is -0.143. The normalized spacial score (nSPS) is 22.5. The molecule has 33 heavy (non-hydrogen) atoms. The second-order valence-corrected chi connectivity index (χ2v) is 8.93. The number of anilines is 2. The highest BCUT2D eigenvalue weighted by Crippen LogP contribution is 2.36. The molecule has 7 nitrogen and oxygen atoms in total. The van der Waals surface area contributed by atoms with Crippen LogP contribution in [0.25, 0.3) is 0 Å². The zero-order valence-electron chi connectivity index (χ0n) is 18.7. The highest BCUT2D eigenvalue weighted by atomic mass is 19.4. The fourth-order valence-corrected chi connectivity index (χ4v) is 4.72. The van der Waals surface area contributed by atoms with E-state index in [1.165, 1.54) is 6.07 Å². The van der Waals surface area contributed by atoms with Crippen molar-refractivity contribution < 1.29 is 27.5 Å². The Morgan fingerprint density at radius 1 is 1.00 bits per heavy atom. The van der Waals surface area contributed by atoms with Gasteiger partial charge < -0.3 is 19.9 Å². The molecule has 1 unspecified atom stereocenters. The minimum atomic E-state index is -4.48. The maximum absolute atomic E-state index is 13.3. The molecule has 3 aliphatic rings. The van der Waals surface area contributed by atoms with Crippen LogP contribution in [0, 0.1) is 0 Å². The SMILES string of the molecule is O=C(CN1CCN(C(=O)C2CCCO2)CC1)Nc1cc(C(F)(F)F)ccc1N1CCCCC1. The van der Waals surface area contributed by atoms with Crippen LogP contribution < -0.4 is 10.2 Å². The fourth-order valence-electron chi connectivity index (χ4n) is 4.72. The van der Waals surface area contributed by atoms with Crippen molar-refractivity contribution in [2.24, 2.45) is 0 Å². The van der Waals surface area contributed by atoms with Gasteiger partial charge in [0.15, 0.2) is 0 Å². The molecule has 1 aromatic rings. The Morgan fingerprint density at radius 2 is 1.73 bits per heavy atom. The molecule has 1 atom stereocenters. The summed E-state index contributed by atoms with van der Waals surface area (Å²) < 4.78 is 45.3. The van der Waals surface area contributed by atoms with Crippen molar-refractivity contribution in [1.82, 2.24) is 9.80 Å². The Labute approximate surface area is 191 Å². The number of piperidine rings is 1. The van der Waals surface area contributed by atoms with E-state index in [9.17, 15) is 22.8 Å². The van der Waals surface area contributed by atoms with Crippen molar-refractivity contribution in [3.05, 3.63) is 23.8 Å². The minimum absolute atomic E-state index is 0.00624. The van der Waals surface area contributed by atoms with E-state index in [2.05, 4.69) is 5.32 Å². The number of benzene rings is 1. The van der Waals surface area contributed by atoms with Crippen molar-refractivity contribution in [2.75, 3.05) is 62.6 Å². The van der Waals surface area contributed by atoms with Gasteiger partial charge >= 0.3 is 6.18 Å². The number of carbonyl (C=O) groups excluding carboxylic acids is 2. The second kappa shape index (κ2) is 10.3. The van der Waals surface area contributed by atoms with Crippen LogP contribution >= 0.6 is 0 Å². The summed E-state index contributed by atoms with van der Waals surface area (Å²) in [5.41, 5.74) is 0.0479. The Hall–Kier alpha value is -2.33. The first-order valence-electron chi connectivity index (χ1n) is 11.7. The summed E-state index contributed by atoms with van der Waals surface area (Å²) in [6.45, 7) is 4.29. The number of halogens is 3. The molecule has 3 saturated heterocycles. The molecule has 1 aromatic carbocycles. The summed E-state index contributed by atoms with van der Waals surface area (Å²) in [5, 5.41) is 2.72. The molecule has 4 rings (SSSR count). The quantitative estimate of drug-likeness (QED) is 0.720. The number of piperazine rings is 1. The highest BCUT2D eigenvalue weighted by Gasteiger charge is 2.33. The van der Waals surface area contributed by atoms with Gasteiger partial charge in [-0.05, 0) is 50.3 Å². The Kier molecular flexibility index (Phi) is 7.43. The van der Waals surface area contributed by atoms with E-state index >= 15 is 0 Å². The average molecular weight is 469 g/mol. The van der Waals surface area contributed by atoms with Crippen molar-refractivity contribution >= 4 is 23.2 Å². The van der Waals surface area contributed by atoms with Crippen LogP contribution in [0.3, 0.4) is 0 Å². The topological polar surface area (TPSA) is 65.1 Å². The predicted octanol–water partition coefficient (Wildman–Crippen LogP) is 2.96. The first kappa shape index (κ1) is 23.8. The second-order valence-electron chi connectivity index (χ2n) is 8.93. The monoisotopic (exact) mass is 468 g/mol. The molecular weight excluding hydrogens is 437 g/mol. The van der Waals surface area contributed by atoms with Crippen LogP contribution in [0.2, 0.25) is 0 Å². The van der Waals surface area contributed by atoms with Crippen LogP contribution in [0.1, 0.15) is 37.7 Å². The molecule has 10 heteroatoms. The molecule has 3 heterocycles. The van der Waals surface area contributed by atoms with Crippen molar-refractivity contribution in [1.29, 1.82) is 0 Å². The molecule has 0 saturated carbocycles. The maximum Gasteiger partial charge on any atom is 0.416 e. The van der Waals surface area contributed by atoms with Crippen molar-refractivity contribution in [2.45, 2.75) is 44.4 Å². The van der Waals surface area contributed by atoms with Gasteiger partial charge in [0, 0.05) is 45.9 Å². The molecule has 0 aromatic heterocycles. The summed E-state index contributed by atoms with van der Waals surface area (Å²) >= 11 is 0. The third-order valence-electron chi connectivity index (χ3n) is 6.55. The average Bonchev–Trinajstić information content (AvgIpc) is 3.34. The summed E-state index contributed by atoms with van der Waals surface area (Å²) in [7, 11) is 0. The Balaban J connectivity index is 1.37. The number of alkyl halides is 3. The van der Waals surface area contributed by atoms with E-state index in [0.717, 1.165) is 57.3 Å². The molecular formula is C23H31F3N4O3. The van der Waals surface area contributed by atoms with Gasteiger partial charge in [-0.2, -0.15) is 13.2 Å². The number of rotatable bonds is 5. The zero-order chi connectivity index (χ0) is 23.4. The van der Waals surface area contributed by atoms with Crippen LogP contribution in [0.5, 0.6) is 0 Å². The standard InChI is InChI=1S/C23H31F3N4O3/c24-23(25,26)17-6-7-19(29-8-2-1-3-9-29)18(15-17)27-21(31)16-28-10-12-30(13-11-28)22(32)20-5-4-14-33-20/h6-7,15,20H,1-5,8-14,16H2,(H,27,31). The molecule has 0 spiro atoms. The van der Waals surface area contributed by atoms with Crippen molar-refractivity contribution in [3.8, 4) is 0 Å². The van der Waals surface area contributed by atoms with Gasteiger partial charge in [-0.25, -0.2) is 0 Å². The van der Waals surface area contributed by atoms with Crippen LogP contribution in [-0.4, -0.2) is 80.1 Å². The minimum Gasteiger partial charge on any atom is -0.370 e. The number of ether oxygens (including phenoxy) is 1. The number of nitrogens with one attached hydrogen (secondary N) is 1. The lowest BCUT2D eigenvalue weighted by Gasteiger charge is -2.35. The lowest BCUT2D eigenvalue weighted by atomic mass is 10.1. The first-order chi connectivity index (χ1) is 15.8. The maximum atomic E-state index is 13.3. The van der Waals surface area contributed by atoms with Crippen LogP contribution in [0.4, 0.5) is 24.5 Å². The lowest BCUT2D eigenvalue weighted by molar-refractivity contribution is -0.142. The first-order valence-corrected chi connectivity index (χ1v) is 11.7. The van der Waals surface area contributed by atoms with Crippen molar-refractivity contribution in [3.63, 3.8) is 0 Å². The van der Waals surface area contributed by atoms with Crippen LogP contribution in [0.15, 0.2) is 18.2 Å². The van der Waals surface area contributed by atoms with Gasteiger partial charge in [-0.1, -0.05) is 0 Å². The summed E-state index contributed by atoms with van der Waals surface area (Å²) in [4.78, 5) is 31.0. The smallest absolute Gasteiger partial charge is 0.370 e. The fraction of sp³-hybridized carbons (Fsp3) is 0.652. The number of carbonyl (C=O) groups is 2. The lowest BCUT2D eigenvalue weighted by Crippen LogP contribution is -2.52. The third-order valence-corrected chi connectivity index (χ3v) is 6.55. The van der Waals surface area contributed by atoms with Gasteiger partial charge in [-0.3, -0.25) is 14.5 Å². The van der Waals surface area contributed by atoms with E-state index in [1.807, 2.05) is 9.80 Å². The van der Waals surface area contributed by atoms with E-state index in [4.69, 9.17) is 4.74 Å². The molecule has 0 aliphatic carbocycles. The number of hydrogen-bond acceptors (Lipinski definition) is 5. The van der Waals surface area contributed by atoms with Gasteiger partial charge in [0.1, 0.15) is 6.10 Å². The summed E-state index contributed by atoms with van der Waals surface area (Å²) in [5.74, 6) is -0.349. The predicted molar refractivity (Wildman–Crippen MR) is 118 cm³/mol. The Bertz CT molecular complexity index is 844. The molecule has 2 amide bonds. The molecule has 1 N–H and O–H groups in total. The molecule has 0 radical (unpaired) electrons. The number of amides is 2. The van der Waals surface area contributed by atoms with E-state index in [-0.39, 0.29) is 30.2 Å². The number of hydrogen-bond donors (Lipinski definition) is 1. The molecule has 0 bridgehead atoms. The number of nitrogens with zero attached hydrogens (tertiary/aromatic N) is 3. The molecule has 182 valence electrons. The highest BCUT2D eigenvalue weighted by molar-refractivity contribution is 5.96.